The number of carbonyl (C=O) groups is 1. The minimum absolute atomic E-state index is 0.0416. The molecule has 0 aliphatic carbocycles. The predicted octanol–water partition coefficient (Wildman–Crippen LogP) is 4.28. The van der Waals surface area contributed by atoms with Crippen molar-refractivity contribution in [3.63, 3.8) is 0 Å². The Morgan fingerprint density at radius 1 is 1.30 bits per heavy atom. The van der Waals surface area contributed by atoms with Gasteiger partial charge in [0.1, 0.15) is 0 Å². The Labute approximate surface area is 192 Å². The monoisotopic (exact) mass is 458 g/mol. The molecule has 1 N–H and O–H groups in total. The Kier molecular flexibility index (Phi) is 10.4. The fourth-order valence-electron chi connectivity index (χ4n) is 3.01. The maximum Gasteiger partial charge on any atom is 0.332 e. The van der Waals surface area contributed by atoms with Crippen LogP contribution in [0.5, 0.6) is 0 Å². The van der Waals surface area contributed by atoms with Crippen molar-refractivity contribution in [3.8, 4) is 11.1 Å². The first-order valence-corrected chi connectivity index (χ1v) is 10.6. The highest BCUT2D eigenvalue weighted by molar-refractivity contribution is 6.06. The molecular weight excluding hydrogens is 430 g/mol. The van der Waals surface area contributed by atoms with Gasteiger partial charge in [-0.3, -0.25) is 14.7 Å². The number of rotatable bonds is 7. The normalized spacial score (nSPS) is 17.1. The molecule has 0 saturated carbocycles. The van der Waals surface area contributed by atoms with Gasteiger partial charge in [0.05, 0.1) is 37.3 Å². The van der Waals surface area contributed by atoms with E-state index in [1.807, 2.05) is 25.7 Å². The first-order chi connectivity index (χ1) is 16.0. The molecule has 1 saturated heterocycles. The van der Waals surface area contributed by atoms with Gasteiger partial charge in [-0.15, -0.1) is 5.10 Å². The summed E-state index contributed by atoms with van der Waals surface area (Å²) in [7, 11) is 0. The van der Waals surface area contributed by atoms with E-state index in [2.05, 4.69) is 32.2 Å². The summed E-state index contributed by atoms with van der Waals surface area (Å²) in [5.74, 6) is -0.504. The van der Waals surface area contributed by atoms with Crippen molar-refractivity contribution in [2.75, 3.05) is 31.7 Å². The van der Waals surface area contributed by atoms with E-state index in [-0.39, 0.29) is 30.0 Å². The lowest BCUT2D eigenvalue weighted by molar-refractivity contribution is -0.0170. The molecule has 0 amide bonds. The molecule has 2 aromatic rings. The van der Waals surface area contributed by atoms with Crippen molar-refractivity contribution in [1.82, 2.24) is 15.1 Å². The number of halogens is 2. The van der Waals surface area contributed by atoms with Crippen LogP contribution in [0, 0.1) is 0 Å². The second-order valence-electron chi connectivity index (χ2n) is 6.87. The van der Waals surface area contributed by atoms with Gasteiger partial charge in [-0.1, -0.05) is 26.0 Å². The van der Waals surface area contributed by atoms with E-state index in [0.29, 0.717) is 30.8 Å². The van der Waals surface area contributed by atoms with Gasteiger partial charge in [-0.25, -0.2) is 9.38 Å². The number of ether oxygens (including phenoxy) is 1. The van der Waals surface area contributed by atoms with Crippen LogP contribution in [0.15, 0.2) is 58.5 Å². The van der Waals surface area contributed by atoms with Crippen molar-refractivity contribution >= 4 is 24.4 Å². The SMILES string of the molecule is C=N/C=C(F)\C(=N/CN1CCOC(C)C1)Nc1cc(-c2ccc(C(=O)F)cc2)cnn1.CC. The molecule has 1 aliphatic rings. The van der Waals surface area contributed by atoms with Gasteiger partial charge < -0.3 is 10.1 Å². The second kappa shape index (κ2) is 13.2. The summed E-state index contributed by atoms with van der Waals surface area (Å²) in [4.78, 5) is 20.6. The number of hydrogen-bond acceptors (Lipinski definition) is 7. The van der Waals surface area contributed by atoms with Crippen LogP contribution >= 0.6 is 0 Å². The van der Waals surface area contributed by atoms with Crippen LogP contribution in [-0.2, 0) is 4.74 Å². The lowest BCUT2D eigenvalue weighted by Crippen LogP contribution is -2.41. The number of nitrogens with zero attached hydrogens (tertiary/aromatic N) is 5. The summed E-state index contributed by atoms with van der Waals surface area (Å²) in [6.07, 6.45) is 2.54. The summed E-state index contributed by atoms with van der Waals surface area (Å²) in [6.45, 7) is 11.5. The lowest BCUT2D eigenvalue weighted by atomic mass is 10.1. The van der Waals surface area contributed by atoms with Crippen molar-refractivity contribution < 1.29 is 18.3 Å². The largest absolute Gasteiger partial charge is 0.376 e. The van der Waals surface area contributed by atoms with Gasteiger partial charge in [0.15, 0.2) is 17.5 Å². The van der Waals surface area contributed by atoms with Crippen molar-refractivity contribution in [1.29, 1.82) is 0 Å². The third-order valence-corrected chi connectivity index (χ3v) is 4.53. The summed E-state index contributed by atoms with van der Waals surface area (Å²) < 4.78 is 32.8. The topological polar surface area (TPSA) is 92.1 Å². The van der Waals surface area contributed by atoms with Crippen molar-refractivity contribution in [3.05, 3.63) is 54.1 Å². The predicted molar refractivity (Wildman–Crippen MR) is 126 cm³/mol. The summed E-state index contributed by atoms with van der Waals surface area (Å²) in [6, 6.07) is 6.06. The number of nitrogens with one attached hydrogen (secondary N) is 1. The van der Waals surface area contributed by atoms with Gasteiger partial charge in [-0.2, -0.15) is 9.49 Å². The molecule has 3 rings (SSSR count). The van der Waals surface area contributed by atoms with Crippen molar-refractivity contribution in [2.45, 2.75) is 26.9 Å². The number of carbonyl (C=O) groups excluding carboxylic acids is 1. The van der Waals surface area contributed by atoms with Crippen LogP contribution in [0.2, 0.25) is 0 Å². The van der Waals surface area contributed by atoms with E-state index in [1.165, 1.54) is 18.3 Å². The van der Waals surface area contributed by atoms with Crippen LogP contribution in [-0.4, -0.2) is 66.2 Å². The van der Waals surface area contributed by atoms with Gasteiger partial charge in [0, 0.05) is 18.7 Å². The number of hydrogen-bond donors (Lipinski definition) is 1. The number of morpholine rings is 1. The first kappa shape index (κ1) is 25.9. The standard InChI is InChI=1S/C21H22F2N6O2.C2H6/c1-14-12-29(7-8-31-14)13-25-21(18(22)11-24-2)27-19-9-17(10-26-28-19)15-3-5-16(6-4-15)20(23)30;1-2/h3-6,9-11,14H,2,7-8,12-13H2,1H3,(H,25,27,28);1-2H3/b18-11+;. The third kappa shape index (κ3) is 7.92. The van der Waals surface area contributed by atoms with E-state index < -0.39 is 11.9 Å². The van der Waals surface area contributed by atoms with Crippen LogP contribution in [0.3, 0.4) is 0 Å². The number of aliphatic imine (C=N–C) groups is 2. The van der Waals surface area contributed by atoms with Crippen molar-refractivity contribution in [2.24, 2.45) is 9.98 Å². The highest BCUT2D eigenvalue weighted by Crippen LogP contribution is 2.21. The molecule has 1 aromatic carbocycles. The number of benzene rings is 1. The molecule has 1 fully saturated rings. The van der Waals surface area contributed by atoms with Gasteiger partial charge in [-0.05, 0) is 37.4 Å². The van der Waals surface area contributed by atoms with Gasteiger partial charge in [0.25, 0.3) is 0 Å². The smallest absolute Gasteiger partial charge is 0.332 e. The Bertz CT molecular complexity index is 995. The zero-order valence-corrected chi connectivity index (χ0v) is 19.0. The quantitative estimate of drug-likeness (QED) is 0.378. The average Bonchev–Trinajstić information content (AvgIpc) is 2.83. The molecule has 2 heterocycles. The molecular formula is C23H28F2N6O2. The van der Waals surface area contributed by atoms with Crippen LogP contribution in [0.25, 0.3) is 11.1 Å². The summed E-state index contributed by atoms with van der Waals surface area (Å²) >= 11 is 0. The van der Waals surface area contributed by atoms with Crippen LogP contribution < -0.4 is 5.32 Å². The first-order valence-electron chi connectivity index (χ1n) is 10.6. The number of amidine groups is 1. The lowest BCUT2D eigenvalue weighted by Gasteiger charge is -2.29. The minimum Gasteiger partial charge on any atom is -0.376 e. The Balaban J connectivity index is 0.00000187. The fraction of sp³-hybridized carbons (Fsp3) is 0.348. The highest BCUT2D eigenvalue weighted by atomic mass is 19.1. The Morgan fingerprint density at radius 2 is 2.03 bits per heavy atom. The molecule has 33 heavy (non-hydrogen) atoms. The van der Waals surface area contributed by atoms with E-state index in [0.717, 1.165) is 6.20 Å². The van der Waals surface area contributed by atoms with E-state index in [9.17, 15) is 13.6 Å². The highest BCUT2D eigenvalue weighted by Gasteiger charge is 2.17. The van der Waals surface area contributed by atoms with Gasteiger partial charge >= 0.3 is 6.04 Å². The second-order valence-corrected chi connectivity index (χ2v) is 6.87. The Morgan fingerprint density at radius 3 is 2.67 bits per heavy atom. The molecule has 0 radical (unpaired) electrons. The Hall–Kier alpha value is -3.37. The molecule has 8 nitrogen and oxygen atoms in total. The molecule has 10 heteroatoms. The minimum atomic E-state index is -1.50. The molecule has 1 aromatic heterocycles. The summed E-state index contributed by atoms with van der Waals surface area (Å²) in [5, 5.41) is 10.7. The molecule has 176 valence electrons. The molecule has 1 atom stereocenters. The maximum atomic E-state index is 14.5. The fourth-order valence-corrected chi connectivity index (χ4v) is 3.01. The molecule has 0 spiro atoms. The number of anilines is 1. The average molecular weight is 459 g/mol. The zero-order chi connectivity index (χ0) is 24.2. The zero-order valence-electron chi connectivity index (χ0n) is 19.0. The van der Waals surface area contributed by atoms with Crippen LogP contribution in [0.1, 0.15) is 31.1 Å². The molecule has 0 bridgehead atoms. The van der Waals surface area contributed by atoms with E-state index in [4.69, 9.17) is 4.74 Å². The van der Waals surface area contributed by atoms with E-state index in [1.54, 1.807) is 18.2 Å². The van der Waals surface area contributed by atoms with Gasteiger partial charge in [0.2, 0.25) is 0 Å². The summed E-state index contributed by atoms with van der Waals surface area (Å²) in [5.41, 5.74) is 1.29. The van der Waals surface area contributed by atoms with Crippen LogP contribution in [0.4, 0.5) is 14.6 Å². The molecule has 1 unspecified atom stereocenters. The maximum absolute atomic E-state index is 14.5. The third-order valence-electron chi connectivity index (χ3n) is 4.53. The molecule has 1 aliphatic heterocycles. The van der Waals surface area contributed by atoms with E-state index >= 15 is 0 Å². The number of aromatic nitrogens is 2.